The van der Waals surface area contributed by atoms with E-state index in [1.807, 2.05) is 34.7 Å². The molecule has 1 N–H and O–H groups in total. The third-order valence-corrected chi connectivity index (χ3v) is 6.08. The molecule has 1 saturated heterocycles. The van der Waals surface area contributed by atoms with Gasteiger partial charge in [-0.25, -0.2) is 13.6 Å². The number of pyridine rings is 1. The molecule has 0 bridgehead atoms. The first-order valence-electron chi connectivity index (χ1n) is 10.3. The van der Waals surface area contributed by atoms with Gasteiger partial charge in [0.25, 0.3) is 0 Å². The molecule has 1 aliphatic heterocycles. The standard InChI is InChI=1S/C23H26F2IN3O3/c1-23(2,3)32-22(31)28-19-13-18(26)21(30)29(11-9-15-6-4-5-10-27-15)20(19)16-12-14(24)7-8-17(16)25/h4-8,10,12,18-20H,9,11,13H2,1-3H3,(H,28,31)/t18-,19?,20+/m0/s1. The Bertz CT molecular complexity index is 969. The third kappa shape index (κ3) is 6.14. The number of halogens is 3. The Hall–Kier alpha value is -2.30. The third-order valence-electron chi connectivity index (χ3n) is 5.04. The number of piperidine rings is 1. The zero-order chi connectivity index (χ0) is 23.5. The molecule has 1 unspecified atom stereocenters. The lowest BCUT2D eigenvalue weighted by molar-refractivity contribution is -0.136. The number of nitrogens with one attached hydrogen (secondary N) is 1. The van der Waals surface area contributed by atoms with Crippen LogP contribution in [0.5, 0.6) is 0 Å². The highest BCUT2D eigenvalue weighted by molar-refractivity contribution is 14.1. The predicted octanol–water partition coefficient (Wildman–Crippen LogP) is 4.57. The Balaban J connectivity index is 1.95. The van der Waals surface area contributed by atoms with Gasteiger partial charge < -0.3 is 15.0 Å². The highest BCUT2D eigenvalue weighted by Crippen LogP contribution is 2.36. The van der Waals surface area contributed by atoms with Crippen molar-refractivity contribution in [3.63, 3.8) is 0 Å². The maximum absolute atomic E-state index is 14.8. The van der Waals surface area contributed by atoms with Crippen molar-refractivity contribution in [1.82, 2.24) is 15.2 Å². The molecule has 2 aromatic rings. The number of rotatable bonds is 5. The normalized spacial score (nSPS) is 21.4. The molecule has 0 saturated carbocycles. The molecular weight excluding hydrogens is 531 g/mol. The Morgan fingerprint density at radius 3 is 2.69 bits per heavy atom. The quantitative estimate of drug-likeness (QED) is 0.432. The largest absolute Gasteiger partial charge is 0.444 e. The number of benzene rings is 1. The minimum Gasteiger partial charge on any atom is -0.444 e. The molecule has 1 fully saturated rings. The van der Waals surface area contributed by atoms with Crippen LogP contribution in [0.1, 0.15) is 44.5 Å². The summed E-state index contributed by atoms with van der Waals surface area (Å²) in [4.78, 5) is 31.4. The van der Waals surface area contributed by atoms with Crippen LogP contribution in [0, 0.1) is 11.6 Å². The monoisotopic (exact) mass is 557 g/mol. The zero-order valence-corrected chi connectivity index (χ0v) is 20.3. The Morgan fingerprint density at radius 2 is 2.03 bits per heavy atom. The number of hydrogen-bond acceptors (Lipinski definition) is 4. The first kappa shape index (κ1) is 24.3. The molecular formula is C23H26F2IN3O3. The van der Waals surface area contributed by atoms with Crippen LogP contribution in [0.4, 0.5) is 13.6 Å². The molecule has 32 heavy (non-hydrogen) atoms. The van der Waals surface area contributed by atoms with Crippen LogP contribution in [0.15, 0.2) is 42.6 Å². The first-order chi connectivity index (χ1) is 15.0. The second-order valence-electron chi connectivity index (χ2n) is 8.67. The molecule has 2 heterocycles. The van der Waals surface area contributed by atoms with Crippen LogP contribution in [0.2, 0.25) is 0 Å². The van der Waals surface area contributed by atoms with Crippen molar-refractivity contribution in [3.05, 3.63) is 65.5 Å². The van der Waals surface area contributed by atoms with E-state index in [-0.39, 0.29) is 24.4 Å². The smallest absolute Gasteiger partial charge is 0.407 e. The molecule has 1 aliphatic rings. The Kier molecular flexibility index (Phi) is 7.68. The number of amides is 2. The topological polar surface area (TPSA) is 71.5 Å². The van der Waals surface area contributed by atoms with Crippen LogP contribution in [-0.4, -0.2) is 44.0 Å². The van der Waals surface area contributed by atoms with Gasteiger partial charge >= 0.3 is 6.09 Å². The van der Waals surface area contributed by atoms with Crippen LogP contribution in [0.3, 0.4) is 0 Å². The SMILES string of the molecule is CC(C)(C)OC(=O)NC1C[C@H](I)C(=O)N(CCc2ccccn2)[C@@H]1c1cc(F)ccc1F. The van der Waals surface area contributed by atoms with Gasteiger partial charge in [-0.15, -0.1) is 0 Å². The molecule has 0 spiro atoms. The molecule has 3 rings (SSSR count). The average molecular weight is 557 g/mol. The number of nitrogens with zero attached hydrogens (tertiary/aromatic N) is 2. The molecule has 6 nitrogen and oxygen atoms in total. The summed E-state index contributed by atoms with van der Waals surface area (Å²) in [6.45, 7) is 5.45. The number of carbonyl (C=O) groups excluding carboxylic acids is 2. The van der Waals surface area contributed by atoms with Crippen molar-refractivity contribution >= 4 is 34.6 Å². The Labute approximate surface area is 199 Å². The van der Waals surface area contributed by atoms with Crippen molar-refractivity contribution in [2.75, 3.05) is 6.54 Å². The van der Waals surface area contributed by atoms with Gasteiger partial charge in [0.2, 0.25) is 5.91 Å². The van der Waals surface area contributed by atoms with Gasteiger partial charge in [0.15, 0.2) is 0 Å². The molecule has 1 aromatic heterocycles. The predicted molar refractivity (Wildman–Crippen MR) is 124 cm³/mol. The maximum atomic E-state index is 14.8. The molecule has 0 radical (unpaired) electrons. The highest BCUT2D eigenvalue weighted by atomic mass is 127. The Morgan fingerprint density at radius 1 is 1.28 bits per heavy atom. The summed E-state index contributed by atoms with van der Waals surface area (Å²) in [5.74, 6) is -1.46. The molecule has 3 atom stereocenters. The summed E-state index contributed by atoms with van der Waals surface area (Å²) in [6, 6.07) is 7.07. The second-order valence-corrected chi connectivity index (χ2v) is 10.2. The molecule has 0 aliphatic carbocycles. The van der Waals surface area contributed by atoms with Gasteiger partial charge in [0.05, 0.1) is 16.0 Å². The fourth-order valence-corrected chi connectivity index (χ4v) is 4.65. The van der Waals surface area contributed by atoms with Crippen LogP contribution in [-0.2, 0) is 16.0 Å². The second kappa shape index (κ2) is 10.1. The summed E-state index contributed by atoms with van der Waals surface area (Å²) >= 11 is 2.02. The maximum Gasteiger partial charge on any atom is 0.407 e. The number of hydrogen-bond donors (Lipinski definition) is 1. The highest BCUT2D eigenvalue weighted by Gasteiger charge is 2.43. The van der Waals surface area contributed by atoms with Crippen LogP contribution >= 0.6 is 22.6 Å². The van der Waals surface area contributed by atoms with Gasteiger partial charge in [-0.2, -0.15) is 0 Å². The van der Waals surface area contributed by atoms with Crippen molar-refractivity contribution < 1.29 is 23.1 Å². The lowest BCUT2D eigenvalue weighted by Crippen LogP contribution is -2.57. The molecule has 1 aromatic carbocycles. The lowest BCUT2D eigenvalue weighted by Gasteiger charge is -2.43. The number of carbonyl (C=O) groups is 2. The van der Waals surface area contributed by atoms with Gasteiger partial charge in [-0.1, -0.05) is 28.7 Å². The van der Waals surface area contributed by atoms with Gasteiger partial charge in [-0.3, -0.25) is 9.78 Å². The van der Waals surface area contributed by atoms with E-state index in [0.717, 1.165) is 23.9 Å². The van der Waals surface area contributed by atoms with E-state index in [9.17, 15) is 18.4 Å². The summed E-state index contributed by atoms with van der Waals surface area (Å²) in [7, 11) is 0. The van der Waals surface area contributed by atoms with Crippen molar-refractivity contribution in [1.29, 1.82) is 0 Å². The van der Waals surface area contributed by atoms with Crippen LogP contribution < -0.4 is 5.32 Å². The van der Waals surface area contributed by atoms with Gasteiger partial charge in [0, 0.05) is 30.4 Å². The molecule has 172 valence electrons. The number of ether oxygens (including phenoxy) is 1. The number of alkyl halides is 1. The minimum atomic E-state index is -0.888. The number of aromatic nitrogens is 1. The lowest BCUT2D eigenvalue weighted by atomic mass is 9.89. The van der Waals surface area contributed by atoms with Gasteiger partial charge in [-0.05, 0) is 57.5 Å². The zero-order valence-electron chi connectivity index (χ0n) is 18.1. The van der Waals surface area contributed by atoms with E-state index in [2.05, 4.69) is 10.3 Å². The van der Waals surface area contributed by atoms with E-state index in [1.54, 1.807) is 33.0 Å². The van der Waals surface area contributed by atoms with Crippen molar-refractivity contribution in [2.45, 2.75) is 55.2 Å². The van der Waals surface area contributed by atoms with E-state index in [4.69, 9.17) is 4.74 Å². The van der Waals surface area contributed by atoms with E-state index >= 15 is 0 Å². The van der Waals surface area contributed by atoms with E-state index in [0.29, 0.717) is 6.42 Å². The summed E-state index contributed by atoms with van der Waals surface area (Å²) < 4.78 is 33.8. The minimum absolute atomic E-state index is 0.0173. The summed E-state index contributed by atoms with van der Waals surface area (Å²) in [5.41, 5.74) is 0.0612. The molecule has 2 amide bonds. The average Bonchev–Trinajstić information content (AvgIpc) is 2.71. The van der Waals surface area contributed by atoms with E-state index < -0.39 is 39.3 Å². The summed E-state index contributed by atoms with van der Waals surface area (Å²) in [6.07, 6.45) is 1.68. The van der Waals surface area contributed by atoms with Gasteiger partial charge in [0.1, 0.15) is 17.2 Å². The van der Waals surface area contributed by atoms with Crippen LogP contribution in [0.25, 0.3) is 0 Å². The van der Waals surface area contributed by atoms with Crippen molar-refractivity contribution in [2.24, 2.45) is 0 Å². The number of likely N-dealkylation sites (tertiary alicyclic amines) is 1. The first-order valence-corrected chi connectivity index (χ1v) is 11.6. The molecule has 9 heteroatoms. The summed E-state index contributed by atoms with van der Waals surface area (Å²) in [5, 5.41) is 2.79. The fourth-order valence-electron chi connectivity index (χ4n) is 3.74. The number of alkyl carbamates (subject to hydrolysis) is 1. The van der Waals surface area contributed by atoms with Crippen molar-refractivity contribution in [3.8, 4) is 0 Å². The fraction of sp³-hybridized carbons (Fsp3) is 0.435. The van der Waals surface area contributed by atoms with E-state index in [1.165, 1.54) is 4.90 Å².